The SMILES string of the molecule is COc1ccc(S(=O)(=O)C[C@H]2CCOC2)cc1C(=O)Nc1cc(F)ccc1F.S. The van der Waals surface area contributed by atoms with Crippen LogP contribution >= 0.6 is 13.5 Å². The zero-order valence-corrected chi connectivity index (χ0v) is 17.4. The molecule has 0 aliphatic carbocycles. The van der Waals surface area contributed by atoms with Crippen LogP contribution in [0.4, 0.5) is 14.5 Å². The van der Waals surface area contributed by atoms with Gasteiger partial charge in [-0.2, -0.15) is 13.5 Å². The normalized spacial score (nSPS) is 16.2. The third-order valence-corrected chi connectivity index (χ3v) is 6.31. The second kappa shape index (κ2) is 9.55. The molecule has 3 rings (SSSR count). The number of methoxy groups -OCH3 is 1. The van der Waals surface area contributed by atoms with Gasteiger partial charge in [0.25, 0.3) is 5.91 Å². The van der Waals surface area contributed by atoms with Gasteiger partial charge in [0, 0.05) is 12.7 Å². The molecule has 6 nitrogen and oxygen atoms in total. The number of amides is 1. The Morgan fingerprint density at radius 1 is 1.24 bits per heavy atom. The summed E-state index contributed by atoms with van der Waals surface area (Å²) in [6.07, 6.45) is 0.654. The van der Waals surface area contributed by atoms with Crippen molar-refractivity contribution in [3.05, 3.63) is 53.6 Å². The van der Waals surface area contributed by atoms with Crippen molar-refractivity contribution in [2.75, 3.05) is 31.4 Å². The summed E-state index contributed by atoms with van der Waals surface area (Å²) in [7, 11) is -2.34. The Hall–Kier alpha value is -2.17. The molecule has 0 radical (unpaired) electrons. The van der Waals surface area contributed by atoms with Crippen molar-refractivity contribution in [2.45, 2.75) is 11.3 Å². The molecule has 0 spiro atoms. The van der Waals surface area contributed by atoms with Crippen LogP contribution in [0.5, 0.6) is 5.75 Å². The fourth-order valence-electron chi connectivity index (χ4n) is 2.96. The predicted octanol–water partition coefficient (Wildman–Crippen LogP) is 3.15. The van der Waals surface area contributed by atoms with E-state index in [2.05, 4.69) is 5.32 Å². The topological polar surface area (TPSA) is 81.7 Å². The molecule has 1 fully saturated rings. The molecule has 0 saturated carbocycles. The van der Waals surface area contributed by atoms with Gasteiger partial charge in [0.1, 0.15) is 17.4 Å². The monoisotopic (exact) mass is 445 g/mol. The number of rotatable bonds is 6. The lowest BCUT2D eigenvalue weighted by Gasteiger charge is -2.13. The van der Waals surface area contributed by atoms with Gasteiger partial charge in [-0.1, -0.05) is 0 Å². The number of anilines is 1. The smallest absolute Gasteiger partial charge is 0.259 e. The minimum Gasteiger partial charge on any atom is -0.496 e. The molecule has 1 amide bonds. The first-order valence-corrected chi connectivity index (χ1v) is 10.2. The van der Waals surface area contributed by atoms with Gasteiger partial charge in [-0.15, -0.1) is 0 Å². The van der Waals surface area contributed by atoms with Crippen molar-refractivity contribution in [1.82, 2.24) is 0 Å². The van der Waals surface area contributed by atoms with Gasteiger partial charge in [-0.3, -0.25) is 4.79 Å². The van der Waals surface area contributed by atoms with Gasteiger partial charge in [0.2, 0.25) is 0 Å². The quantitative estimate of drug-likeness (QED) is 0.739. The summed E-state index contributed by atoms with van der Waals surface area (Å²) in [6.45, 7) is 0.900. The minimum absolute atomic E-state index is 0. The average Bonchev–Trinajstić information content (AvgIpc) is 3.16. The van der Waals surface area contributed by atoms with Gasteiger partial charge in [0.05, 0.1) is 35.6 Å². The number of carbonyl (C=O) groups is 1. The predicted molar refractivity (Wildman–Crippen MR) is 109 cm³/mol. The maximum absolute atomic E-state index is 13.8. The van der Waals surface area contributed by atoms with Crippen LogP contribution in [0.15, 0.2) is 41.3 Å². The molecule has 1 aliphatic rings. The highest BCUT2D eigenvalue weighted by atomic mass is 32.2. The average molecular weight is 446 g/mol. The summed E-state index contributed by atoms with van der Waals surface area (Å²) in [6, 6.07) is 6.52. The van der Waals surface area contributed by atoms with Crippen LogP contribution < -0.4 is 10.1 Å². The highest BCUT2D eigenvalue weighted by Gasteiger charge is 2.26. The number of hydrogen-bond donors (Lipinski definition) is 1. The number of benzene rings is 2. The molecular weight excluding hydrogens is 424 g/mol. The molecule has 158 valence electrons. The number of nitrogens with one attached hydrogen (secondary N) is 1. The number of sulfone groups is 1. The lowest BCUT2D eigenvalue weighted by molar-refractivity contribution is 0.102. The Kier molecular flexibility index (Phi) is 7.61. The van der Waals surface area contributed by atoms with Crippen LogP contribution in [0.1, 0.15) is 16.8 Å². The van der Waals surface area contributed by atoms with E-state index in [0.29, 0.717) is 19.6 Å². The van der Waals surface area contributed by atoms with E-state index in [-0.39, 0.29) is 47.1 Å². The standard InChI is InChI=1S/C19H19F2NO5S.H2S/c1-26-18-5-3-14(28(24,25)11-12-6-7-27-10-12)9-15(18)19(23)22-17-8-13(20)2-4-16(17)21;/h2-5,8-9,12H,6-7,10-11H2,1H3,(H,22,23);1H2/t12-;/m0./s1. The lowest BCUT2D eigenvalue weighted by Crippen LogP contribution is -2.18. The van der Waals surface area contributed by atoms with Gasteiger partial charge in [0.15, 0.2) is 9.84 Å². The Balaban J connectivity index is 0.00000300. The zero-order chi connectivity index (χ0) is 20.3. The first kappa shape index (κ1) is 23.1. The number of ether oxygens (including phenoxy) is 2. The second-order valence-electron chi connectivity index (χ2n) is 6.45. The van der Waals surface area contributed by atoms with Crippen molar-refractivity contribution in [2.24, 2.45) is 5.92 Å². The molecule has 1 atom stereocenters. The number of hydrogen-bond acceptors (Lipinski definition) is 5. The molecule has 10 heteroatoms. The first-order chi connectivity index (χ1) is 13.3. The maximum atomic E-state index is 13.8. The summed E-state index contributed by atoms with van der Waals surface area (Å²) in [5, 5.41) is 2.25. The summed E-state index contributed by atoms with van der Waals surface area (Å²) < 4.78 is 62.8. The molecule has 0 aromatic heterocycles. The van der Waals surface area contributed by atoms with Crippen molar-refractivity contribution in [3.63, 3.8) is 0 Å². The molecule has 0 unspecified atom stereocenters. The largest absolute Gasteiger partial charge is 0.496 e. The molecule has 2 aromatic carbocycles. The fourth-order valence-corrected chi connectivity index (χ4v) is 4.61. The molecular formula is C19H21F2NO5S2. The van der Waals surface area contributed by atoms with Crippen LogP contribution in [0.2, 0.25) is 0 Å². The Morgan fingerprint density at radius 2 is 2.00 bits per heavy atom. The lowest BCUT2D eigenvalue weighted by atomic mass is 10.1. The van der Waals surface area contributed by atoms with Crippen LogP contribution in [0.3, 0.4) is 0 Å². The summed E-state index contributed by atoms with van der Waals surface area (Å²) in [5.74, 6) is -2.46. The molecule has 0 bridgehead atoms. The minimum atomic E-state index is -3.66. The Labute approximate surface area is 174 Å². The Morgan fingerprint density at radius 3 is 2.66 bits per heavy atom. The fraction of sp³-hybridized carbons (Fsp3) is 0.316. The van der Waals surface area contributed by atoms with Crippen LogP contribution in [0, 0.1) is 17.6 Å². The highest BCUT2D eigenvalue weighted by Crippen LogP contribution is 2.27. The number of halogens is 2. The molecule has 1 aliphatic heterocycles. The molecule has 2 aromatic rings. The maximum Gasteiger partial charge on any atom is 0.259 e. The number of carbonyl (C=O) groups excluding carboxylic acids is 1. The van der Waals surface area contributed by atoms with E-state index in [0.717, 1.165) is 18.2 Å². The van der Waals surface area contributed by atoms with Gasteiger partial charge < -0.3 is 14.8 Å². The van der Waals surface area contributed by atoms with Crippen LogP contribution in [-0.4, -0.2) is 40.4 Å². The zero-order valence-electron chi connectivity index (χ0n) is 15.6. The van der Waals surface area contributed by atoms with Crippen molar-refractivity contribution in [1.29, 1.82) is 0 Å². The van der Waals surface area contributed by atoms with Crippen LogP contribution in [0.25, 0.3) is 0 Å². The summed E-state index contributed by atoms with van der Waals surface area (Å²) in [5.41, 5.74) is -0.460. The van der Waals surface area contributed by atoms with Crippen molar-refractivity contribution in [3.8, 4) is 5.75 Å². The van der Waals surface area contributed by atoms with Gasteiger partial charge in [-0.05, 0) is 42.7 Å². The summed E-state index contributed by atoms with van der Waals surface area (Å²) >= 11 is 0. The van der Waals surface area contributed by atoms with E-state index in [9.17, 15) is 22.0 Å². The molecule has 1 saturated heterocycles. The van der Waals surface area contributed by atoms with E-state index in [1.54, 1.807) is 0 Å². The van der Waals surface area contributed by atoms with E-state index in [1.165, 1.54) is 25.3 Å². The Bertz CT molecular complexity index is 992. The first-order valence-electron chi connectivity index (χ1n) is 8.55. The second-order valence-corrected chi connectivity index (χ2v) is 8.49. The van der Waals surface area contributed by atoms with Gasteiger partial charge in [-0.25, -0.2) is 17.2 Å². The van der Waals surface area contributed by atoms with Crippen molar-refractivity contribution >= 4 is 34.9 Å². The highest BCUT2D eigenvalue weighted by molar-refractivity contribution is 7.91. The van der Waals surface area contributed by atoms with Crippen LogP contribution in [-0.2, 0) is 14.6 Å². The molecule has 1 N–H and O–H groups in total. The van der Waals surface area contributed by atoms with E-state index in [1.807, 2.05) is 0 Å². The van der Waals surface area contributed by atoms with Gasteiger partial charge >= 0.3 is 0 Å². The third-order valence-electron chi connectivity index (χ3n) is 4.43. The molecule has 29 heavy (non-hydrogen) atoms. The third kappa shape index (κ3) is 5.46. The van der Waals surface area contributed by atoms with E-state index < -0.39 is 27.4 Å². The summed E-state index contributed by atoms with van der Waals surface area (Å²) in [4.78, 5) is 12.5. The van der Waals surface area contributed by atoms with E-state index in [4.69, 9.17) is 9.47 Å². The molecule has 1 heterocycles. The van der Waals surface area contributed by atoms with E-state index >= 15 is 0 Å². The van der Waals surface area contributed by atoms with Crippen molar-refractivity contribution < 1.29 is 31.5 Å².